The summed E-state index contributed by atoms with van der Waals surface area (Å²) in [7, 11) is 0. The van der Waals surface area contributed by atoms with Crippen molar-refractivity contribution >= 4 is 44.5 Å². The van der Waals surface area contributed by atoms with Crippen LogP contribution >= 0.6 is 22.6 Å². The fourth-order valence-corrected chi connectivity index (χ4v) is 2.82. The molecule has 137 valence electrons. The van der Waals surface area contributed by atoms with Crippen LogP contribution in [-0.4, -0.2) is 0 Å². The van der Waals surface area contributed by atoms with Gasteiger partial charge in [-0.1, -0.05) is 20.8 Å². The summed E-state index contributed by atoms with van der Waals surface area (Å²) in [6.45, 7) is 10.3. The number of furan rings is 1. The molecule has 0 bridgehead atoms. The number of hydrogen-bond donors (Lipinski definition) is 1. The van der Waals surface area contributed by atoms with E-state index in [0.29, 0.717) is 12.1 Å². The van der Waals surface area contributed by atoms with Gasteiger partial charge in [0, 0.05) is 53.1 Å². The smallest absolute Gasteiger partial charge is 0.336 e. The van der Waals surface area contributed by atoms with Crippen LogP contribution in [-0.2, 0) is 31.5 Å². The summed E-state index contributed by atoms with van der Waals surface area (Å²) in [6.07, 6.45) is 0.733. The Morgan fingerprint density at radius 3 is 2.12 bits per heavy atom. The van der Waals surface area contributed by atoms with Gasteiger partial charge in [-0.05, 0) is 31.9 Å². The maximum absolute atomic E-state index is 11.6. The molecule has 6 heteroatoms. The number of fused-ring (bicyclic) bond motifs is 2. The van der Waals surface area contributed by atoms with Crippen molar-refractivity contribution in [2.24, 2.45) is 5.73 Å². The first-order valence-corrected chi connectivity index (χ1v) is 9.54. The van der Waals surface area contributed by atoms with Crippen molar-refractivity contribution < 1.29 is 27.4 Å². The number of halogens is 1. The molecule has 2 N–H and O–H groups in total. The second-order valence-electron chi connectivity index (χ2n) is 5.05. The molecule has 2 aromatic heterocycles. The van der Waals surface area contributed by atoms with Crippen LogP contribution in [0.2, 0.25) is 0 Å². The van der Waals surface area contributed by atoms with E-state index in [-0.39, 0.29) is 24.2 Å². The van der Waals surface area contributed by atoms with E-state index in [0.717, 1.165) is 45.2 Å². The molecular weight excluding hydrogens is 468 g/mol. The first-order valence-electron chi connectivity index (χ1n) is 8.02. The van der Waals surface area contributed by atoms with Gasteiger partial charge in [-0.3, -0.25) is 4.93 Å². The van der Waals surface area contributed by atoms with Crippen LogP contribution in [0.4, 0.5) is 0 Å². The molecule has 0 saturated heterocycles. The molecule has 0 fully saturated rings. The molecule has 3 rings (SSSR count). The number of hydrogen-bond acceptors (Lipinski definition) is 4. The molecule has 0 unspecified atom stereocenters. The van der Waals surface area contributed by atoms with Crippen LogP contribution in [0.5, 0.6) is 0 Å². The van der Waals surface area contributed by atoms with E-state index in [1.807, 2.05) is 63.3 Å². The summed E-state index contributed by atoms with van der Waals surface area (Å²) in [4.78, 5) is 14.8. The molecule has 1 radical (unpaired) electrons. The fourth-order valence-electron chi connectivity index (χ4n) is 2.82. The monoisotopic (exact) mass is 493 g/mol. The van der Waals surface area contributed by atoms with Crippen LogP contribution in [0.3, 0.4) is 0 Å². The van der Waals surface area contributed by atoms with Crippen LogP contribution in [0, 0.1) is 18.8 Å². The Balaban J connectivity index is 0.00000108. The summed E-state index contributed by atoms with van der Waals surface area (Å²) in [6, 6.07) is 3.53. The number of rotatable bonds is 2. The van der Waals surface area contributed by atoms with Crippen molar-refractivity contribution in [3.63, 3.8) is 0 Å². The van der Waals surface area contributed by atoms with Crippen molar-refractivity contribution in [1.29, 1.82) is 0 Å². The Labute approximate surface area is 174 Å². The molecule has 0 aliphatic rings. The van der Waals surface area contributed by atoms with Crippen molar-refractivity contribution in [3.8, 4) is 0 Å². The molecule has 25 heavy (non-hydrogen) atoms. The predicted molar refractivity (Wildman–Crippen MR) is 110 cm³/mol. The summed E-state index contributed by atoms with van der Waals surface area (Å²) >= 11 is 1.90. The maximum Gasteiger partial charge on any atom is 0.336 e. The van der Waals surface area contributed by atoms with E-state index in [9.17, 15) is 4.79 Å². The van der Waals surface area contributed by atoms with Crippen molar-refractivity contribution in [2.45, 2.75) is 47.6 Å². The Kier molecular flexibility index (Phi) is 10.7. The molecule has 0 aliphatic carbocycles. The molecule has 0 amide bonds. The second-order valence-corrected chi connectivity index (χ2v) is 5.05. The molecule has 1 aromatic carbocycles. The van der Waals surface area contributed by atoms with Crippen LogP contribution in [0.25, 0.3) is 21.9 Å². The Morgan fingerprint density at radius 2 is 1.60 bits per heavy atom. The number of nitrogens with two attached hydrogens (primary N) is 1. The Morgan fingerprint density at radius 1 is 1.04 bits per heavy atom. The standard InChI is InChI=1S/C16H17NO3.C2H6.CH2I.V/c1-4-10-15-11(8(2)5-14(18)20-15)6-12-13(7-17)9(3)19-16(10)12;2*1-2;/h5-6H,4,7,17H2,1-3H3;1-2H3;1H2;/q;;-1;. The Bertz CT molecular complexity index is 884. The van der Waals surface area contributed by atoms with Gasteiger partial charge in [0.15, 0.2) is 0 Å². The topological polar surface area (TPSA) is 69.4 Å². The van der Waals surface area contributed by atoms with Gasteiger partial charge in [0.1, 0.15) is 16.9 Å². The van der Waals surface area contributed by atoms with Crippen LogP contribution in [0.1, 0.15) is 43.2 Å². The molecule has 4 nitrogen and oxygen atoms in total. The van der Waals surface area contributed by atoms with E-state index in [2.05, 4.69) is 4.93 Å². The second kappa shape index (κ2) is 11.1. The summed E-state index contributed by atoms with van der Waals surface area (Å²) in [5, 5.41) is 1.97. The third-order valence-corrected chi connectivity index (χ3v) is 3.85. The van der Waals surface area contributed by atoms with Gasteiger partial charge in [-0.25, -0.2) is 4.79 Å². The molecule has 0 saturated carbocycles. The molecule has 0 aliphatic heterocycles. The van der Waals surface area contributed by atoms with Gasteiger partial charge in [0.2, 0.25) is 0 Å². The molecule has 3 aromatic rings. The predicted octanol–water partition coefficient (Wildman–Crippen LogP) is 5.41. The molecular formula is C19H25INO3V-. The maximum atomic E-state index is 11.6. The minimum Gasteiger partial charge on any atom is -0.461 e. The first-order chi connectivity index (χ1) is 11.6. The number of benzene rings is 1. The van der Waals surface area contributed by atoms with Gasteiger partial charge < -0.3 is 37.2 Å². The minimum atomic E-state index is -0.327. The zero-order chi connectivity index (χ0) is 18.4. The summed E-state index contributed by atoms with van der Waals surface area (Å²) < 4.78 is 11.3. The average Bonchev–Trinajstić information content (AvgIpc) is 2.91. The average molecular weight is 493 g/mol. The normalized spacial score (nSPS) is 9.76. The van der Waals surface area contributed by atoms with Gasteiger partial charge in [-0.2, -0.15) is 0 Å². The SMILES string of the molecule is CC.CCc1c2oc(=O)cc(C)c2cc2c(CN)c(C)oc12.[CH2-]I.[V]. The summed E-state index contributed by atoms with van der Waals surface area (Å²) in [5.74, 6) is 0.826. The van der Waals surface area contributed by atoms with Crippen molar-refractivity contribution in [2.75, 3.05) is 0 Å². The van der Waals surface area contributed by atoms with Gasteiger partial charge in [0.05, 0.1) is 0 Å². The van der Waals surface area contributed by atoms with E-state index < -0.39 is 0 Å². The van der Waals surface area contributed by atoms with Crippen molar-refractivity contribution in [3.05, 3.63) is 49.9 Å². The first kappa shape index (κ1) is 24.2. The third kappa shape index (κ3) is 4.70. The Hall–Kier alpha value is -0.756. The largest absolute Gasteiger partial charge is 0.461 e. The number of aryl methyl sites for hydroxylation is 3. The summed E-state index contributed by atoms with van der Waals surface area (Å²) in [5.41, 5.74) is 9.77. The van der Waals surface area contributed by atoms with Crippen LogP contribution < -0.4 is 11.4 Å². The molecule has 0 spiro atoms. The molecule has 0 atom stereocenters. The van der Waals surface area contributed by atoms with Gasteiger partial charge >= 0.3 is 5.63 Å². The van der Waals surface area contributed by atoms with E-state index >= 15 is 0 Å². The third-order valence-electron chi connectivity index (χ3n) is 3.85. The van der Waals surface area contributed by atoms with Crippen molar-refractivity contribution in [1.82, 2.24) is 0 Å². The molecule has 2 heterocycles. The van der Waals surface area contributed by atoms with Gasteiger partial charge in [0.25, 0.3) is 0 Å². The van der Waals surface area contributed by atoms with Gasteiger partial charge in [-0.15, -0.1) is 0 Å². The quantitative estimate of drug-likeness (QED) is 0.295. The van der Waals surface area contributed by atoms with E-state index in [1.165, 1.54) is 6.07 Å². The van der Waals surface area contributed by atoms with E-state index in [1.54, 1.807) is 0 Å². The zero-order valence-corrected chi connectivity index (χ0v) is 19.0. The fraction of sp³-hybridized carbons (Fsp3) is 0.368. The van der Waals surface area contributed by atoms with Crippen LogP contribution in [0.15, 0.2) is 25.8 Å². The zero-order valence-electron chi connectivity index (χ0n) is 15.4. The minimum absolute atomic E-state index is 0. The van der Waals surface area contributed by atoms with E-state index in [4.69, 9.17) is 14.6 Å².